The Kier molecular flexibility index (Phi) is 5.00. The van der Waals surface area contributed by atoms with Crippen LogP contribution < -0.4 is 11.1 Å². The largest absolute Gasteiger partial charge is 0.465 e. The number of nitrogens with one attached hydrogen (secondary N) is 1. The first kappa shape index (κ1) is 15.1. The Morgan fingerprint density at radius 1 is 1.37 bits per heavy atom. The summed E-state index contributed by atoms with van der Waals surface area (Å²) in [4.78, 5) is 23.3. The Hall–Kier alpha value is -1.95. The van der Waals surface area contributed by atoms with Gasteiger partial charge in [0.1, 0.15) is 5.82 Å². The maximum atomic E-state index is 13.2. The van der Waals surface area contributed by atoms with Crippen LogP contribution in [0.2, 0.25) is 0 Å². The monoisotopic (exact) mass is 268 g/mol. The van der Waals surface area contributed by atoms with E-state index in [1.54, 1.807) is 13.8 Å². The number of benzene rings is 1. The van der Waals surface area contributed by atoms with E-state index in [2.05, 4.69) is 10.1 Å². The first-order valence-electron chi connectivity index (χ1n) is 5.81. The number of anilines is 1. The molecule has 0 aliphatic rings. The summed E-state index contributed by atoms with van der Waals surface area (Å²) in [7, 11) is 1.21. The summed E-state index contributed by atoms with van der Waals surface area (Å²) in [6.07, 6.45) is 0. The summed E-state index contributed by atoms with van der Waals surface area (Å²) in [6, 6.07) is 2.67. The van der Waals surface area contributed by atoms with Crippen LogP contribution in [0.15, 0.2) is 18.2 Å². The van der Waals surface area contributed by atoms with Gasteiger partial charge >= 0.3 is 5.97 Å². The number of ether oxygens (including phenoxy) is 1. The van der Waals surface area contributed by atoms with Crippen LogP contribution in [-0.4, -0.2) is 25.0 Å². The summed E-state index contributed by atoms with van der Waals surface area (Å²) in [5.41, 5.74) is 5.81. The Bertz CT molecular complexity index is 489. The van der Waals surface area contributed by atoms with Gasteiger partial charge in [0.25, 0.3) is 0 Å². The van der Waals surface area contributed by atoms with Crippen molar-refractivity contribution in [3.63, 3.8) is 0 Å². The van der Waals surface area contributed by atoms with E-state index < -0.39 is 23.7 Å². The minimum absolute atomic E-state index is 0.0490. The van der Waals surface area contributed by atoms with Crippen LogP contribution in [0.25, 0.3) is 0 Å². The summed E-state index contributed by atoms with van der Waals surface area (Å²) in [6.45, 7) is 3.58. The van der Waals surface area contributed by atoms with E-state index in [9.17, 15) is 14.0 Å². The highest BCUT2D eigenvalue weighted by Crippen LogP contribution is 2.19. The van der Waals surface area contributed by atoms with Crippen molar-refractivity contribution in [2.75, 3.05) is 12.4 Å². The van der Waals surface area contributed by atoms with Gasteiger partial charge in [-0.3, -0.25) is 4.79 Å². The molecule has 1 rings (SSSR count). The molecule has 5 nitrogen and oxygen atoms in total. The molecule has 0 radical (unpaired) electrons. The molecule has 0 fully saturated rings. The quantitative estimate of drug-likeness (QED) is 0.811. The molecular weight excluding hydrogens is 251 g/mol. The number of carbonyl (C=O) groups excluding carboxylic acids is 2. The Morgan fingerprint density at radius 2 is 2.00 bits per heavy atom. The van der Waals surface area contributed by atoms with E-state index in [-0.39, 0.29) is 17.2 Å². The van der Waals surface area contributed by atoms with Gasteiger partial charge in [0, 0.05) is 0 Å². The predicted octanol–water partition coefficient (Wildman–Crippen LogP) is 1.53. The SMILES string of the molecule is COC(=O)c1ccc(F)cc1NC(=O)[C@H](N)C(C)C. The molecule has 0 bridgehead atoms. The number of halogens is 1. The lowest BCUT2D eigenvalue weighted by Gasteiger charge is -2.16. The molecule has 1 amide bonds. The molecule has 104 valence electrons. The molecule has 0 unspecified atom stereocenters. The van der Waals surface area contributed by atoms with Gasteiger partial charge in [-0.05, 0) is 24.1 Å². The van der Waals surface area contributed by atoms with E-state index in [4.69, 9.17) is 5.73 Å². The highest BCUT2D eigenvalue weighted by molar-refractivity contribution is 6.02. The van der Waals surface area contributed by atoms with Gasteiger partial charge in [-0.25, -0.2) is 9.18 Å². The predicted molar refractivity (Wildman–Crippen MR) is 69.2 cm³/mol. The number of methoxy groups -OCH3 is 1. The molecule has 6 heteroatoms. The summed E-state index contributed by atoms with van der Waals surface area (Å²) in [5.74, 6) is -1.78. The smallest absolute Gasteiger partial charge is 0.339 e. The lowest BCUT2D eigenvalue weighted by atomic mass is 10.0. The molecule has 0 aliphatic carbocycles. The second-order valence-electron chi connectivity index (χ2n) is 4.44. The van der Waals surface area contributed by atoms with Gasteiger partial charge in [-0.2, -0.15) is 0 Å². The van der Waals surface area contributed by atoms with E-state index in [1.165, 1.54) is 13.2 Å². The van der Waals surface area contributed by atoms with Crippen LogP contribution in [0, 0.1) is 11.7 Å². The lowest BCUT2D eigenvalue weighted by Crippen LogP contribution is -2.40. The Morgan fingerprint density at radius 3 is 2.53 bits per heavy atom. The number of esters is 1. The van der Waals surface area contributed by atoms with Gasteiger partial charge in [-0.1, -0.05) is 13.8 Å². The fourth-order valence-corrected chi connectivity index (χ4v) is 1.43. The number of hydrogen-bond acceptors (Lipinski definition) is 4. The van der Waals surface area contributed by atoms with Crippen molar-refractivity contribution in [1.82, 2.24) is 0 Å². The van der Waals surface area contributed by atoms with E-state index in [1.807, 2.05) is 0 Å². The van der Waals surface area contributed by atoms with Gasteiger partial charge < -0.3 is 15.8 Å². The molecule has 0 saturated carbocycles. The van der Waals surface area contributed by atoms with Crippen molar-refractivity contribution in [2.24, 2.45) is 11.7 Å². The Labute approximate surface area is 110 Å². The van der Waals surface area contributed by atoms with E-state index in [0.29, 0.717) is 0 Å². The highest BCUT2D eigenvalue weighted by Gasteiger charge is 2.20. The zero-order valence-corrected chi connectivity index (χ0v) is 11.1. The molecular formula is C13H17FN2O3. The second-order valence-corrected chi connectivity index (χ2v) is 4.44. The van der Waals surface area contributed by atoms with Gasteiger partial charge in [0.2, 0.25) is 5.91 Å². The maximum absolute atomic E-state index is 13.2. The van der Waals surface area contributed by atoms with E-state index >= 15 is 0 Å². The molecule has 1 aromatic carbocycles. The minimum atomic E-state index is -0.742. The normalized spacial score (nSPS) is 12.1. The number of nitrogens with two attached hydrogens (primary N) is 1. The van der Waals surface area contributed by atoms with Gasteiger partial charge in [0.05, 0.1) is 24.4 Å². The van der Waals surface area contributed by atoms with Crippen LogP contribution >= 0.6 is 0 Å². The number of rotatable bonds is 4. The van der Waals surface area contributed by atoms with Crippen LogP contribution in [0.3, 0.4) is 0 Å². The number of amides is 1. The molecule has 0 spiro atoms. The second kappa shape index (κ2) is 6.29. The van der Waals surface area contributed by atoms with Crippen molar-refractivity contribution in [1.29, 1.82) is 0 Å². The molecule has 0 aromatic heterocycles. The van der Waals surface area contributed by atoms with Crippen LogP contribution in [0.5, 0.6) is 0 Å². The highest BCUT2D eigenvalue weighted by atomic mass is 19.1. The summed E-state index contributed by atoms with van der Waals surface area (Å²) >= 11 is 0. The molecule has 19 heavy (non-hydrogen) atoms. The van der Waals surface area contributed by atoms with Crippen LogP contribution in [0.1, 0.15) is 24.2 Å². The topological polar surface area (TPSA) is 81.4 Å². The number of carbonyl (C=O) groups is 2. The first-order valence-corrected chi connectivity index (χ1v) is 5.81. The standard InChI is InChI=1S/C13H17FN2O3/c1-7(2)11(15)12(17)16-10-6-8(14)4-5-9(10)13(18)19-3/h4-7,11H,15H2,1-3H3,(H,16,17)/t11-/m1/s1. The third kappa shape index (κ3) is 3.75. The third-order valence-corrected chi connectivity index (χ3v) is 2.67. The molecule has 0 saturated heterocycles. The summed E-state index contributed by atoms with van der Waals surface area (Å²) < 4.78 is 17.8. The third-order valence-electron chi connectivity index (χ3n) is 2.67. The van der Waals surface area contributed by atoms with Crippen molar-refractivity contribution in [2.45, 2.75) is 19.9 Å². The maximum Gasteiger partial charge on any atom is 0.339 e. The van der Waals surface area contributed by atoms with E-state index in [0.717, 1.165) is 12.1 Å². The van der Waals surface area contributed by atoms with Crippen molar-refractivity contribution in [3.05, 3.63) is 29.6 Å². The first-order chi connectivity index (χ1) is 8.86. The van der Waals surface area contributed by atoms with Crippen molar-refractivity contribution >= 4 is 17.6 Å². The van der Waals surface area contributed by atoms with Gasteiger partial charge in [-0.15, -0.1) is 0 Å². The zero-order chi connectivity index (χ0) is 14.6. The van der Waals surface area contributed by atoms with Crippen molar-refractivity contribution in [3.8, 4) is 0 Å². The lowest BCUT2D eigenvalue weighted by molar-refractivity contribution is -0.118. The fraction of sp³-hybridized carbons (Fsp3) is 0.385. The van der Waals surface area contributed by atoms with Crippen molar-refractivity contribution < 1.29 is 18.7 Å². The fourth-order valence-electron chi connectivity index (χ4n) is 1.43. The molecule has 1 atom stereocenters. The van der Waals surface area contributed by atoms with Crippen LogP contribution in [0.4, 0.5) is 10.1 Å². The zero-order valence-electron chi connectivity index (χ0n) is 11.1. The Balaban J connectivity index is 3.02. The average molecular weight is 268 g/mol. The molecule has 0 heterocycles. The molecule has 1 aromatic rings. The molecule has 0 aliphatic heterocycles. The molecule has 3 N–H and O–H groups in total. The minimum Gasteiger partial charge on any atom is -0.465 e. The van der Waals surface area contributed by atoms with Crippen LogP contribution in [-0.2, 0) is 9.53 Å². The average Bonchev–Trinajstić information content (AvgIpc) is 2.36. The van der Waals surface area contributed by atoms with Gasteiger partial charge in [0.15, 0.2) is 0 Å². The number of hydrogen-bond donors (Lipinski definition) is 2. The summed E-state index contributed by atoms with van der Waals surface area (Å²) in [5, 5.41) is 2.44.